The Labute approximate surface area is 135 Å². The van der Waals surface area contributed by atoms with Gasteiger partial charge < -0.3 is 4.74 Å². The Bertz CT molecular complexity index is 527. The molecule has 0 aliphatic heterocycles. The molecule has 4 unspecified atom stereocenters. The van der Waals surface area contributed by atoms with Crippen molar-refractivity contribution in [2.24, 2.45) is 17.8 Å². The van der Waals surface area contributed by atoms with Crippen LogP contribution >= 0.6 is 8.03 Å². The van der Waals surface area contributed by atoms with Crippen molar-refractivity contribution in [3.05, 3.63) is 23.8 Å². The van der Waals surface area contributed by atoms with Gasteiger partial charge in [0.25, 0.3) is 0 Å². The van der Waals surface area contributed by atoms with E-state index >= 15 is 0 Å². The van der Waals surface area contributed by atoms with Crippen LogP contribution in [0.5, 0.6) is 11.5 Å². The molecule has 122 valence electrons. The van der Waals surface area contributed by atoms with E-state index in [1.807, 2.05) is 6.07 Å². The molecule has 1 aliphatic carbocycles. The number of benzene rings is 1. The fourth-order valence-corrected chi connectivity index (χ4v) is 4.14. The molecule has 1 fully saturated rings. The molecule has 3 nitrogen and oxygen atoms in total. The summed E-state index contributed by atoms with van der Waals surface area (Å²) in [7, 11) is -0.0421. The van der Waals surface area contributed by atoms with Crippen molar-refractivity contribution in [1.29, 1.82) is 0 Å². The summed E-state index contributed by atoms with van der Waals surface area (Å²) >= 11 is 0. The highest BCUT2D eigenvalue weighted by atomic mass is 31.1. The molecule has 0 bridgehead atoms. The van der Waals surface area contributed by atoms with Crippen LogP contribution in [0, 0.1) is 17.8 Å². The van der Waals surface area contributed by atoms with E-state index in [0.29, 0.717) is 23.3 Å². The third-order valence-electron chi connectivity index (χ3n) is 4.86. The molecule has 0 N–H and O–H groups in total. The average molecular weight is 323 g/mol. The van der Waals surface area contributed by atoms with Gasteiger partial charge in [-0.3, -0.25) is 4.52 Å². The molecule has 0 heterocycles. The standard InChI is InChI=1S/C18H28O3P/c1-12(2)15-8-6-13(3)10-16(15)14-7-9-17(21-22(5)19)18(11-14)20-4/h7,9,11-13,15-16H,6,8,10H2,1-5H3/q+1. The van der Waals surface area contributed by atoms with Crippen LogP contribution in [0.25, 0.3) is 0 Å². The summed E-state index contributed by atoms with van der Waals surface area (Å²) in [5.41, 5.74) is 1.32. The average Bonchev–Trinajstić information content (AvgIpc) is 2.46. The van der Waals surface area contributed by atoms with Crippen LogP contribution in [-0.2, 0) is 4.57 Å². The van der Waals surface area contributed by atoms with Crippen molar-refractivity contribution in [3.63, 3.8) is 0 Å². The largest absolute Gasteiger partial charge is 0.552 e. The lowest BCUT2D eigenvalue weighted by molar-refractivity contribution is 0.197. The maximum atomic E-state index is 11.3. The zero-order valence-corrected chi connectivity index (χ0v) is 15.2. The highest BCUT2D eigenvalue weighted by molar-refractivity contribution is 7.38. The van der Waals surface area contributed by atoms with Crippen molar-refractivity contribution in [1.82, 2.24) is 0 Å². The van der Waals surface area contributed by atoms with Gasteiger partial charge in [-0.25, -0.2) is 0 Å². The van der Waals surface area contributed by atoms with Gasteiger partial charge in [0.2, 0.25) is 5.75 Å². The van der Waals surface area contributed by atoms with Crippen LogP contribution in [0.3, 0.4) is 0 Å². The SMILES string of the molecule is COc1cc(C2CC(C)CCC2C(C)C)ccc1O[P+](C)=O. The second-order valence-corrected chi connectivity index (χ2v) is 7.94. The minimum Gasteiger partial charge on any atom is -0.493 e. The molecule has 4 atom stereocenters. The van der Waals surface area contributed by atoms with Crippen LogP contribution in [0.2, 0.25) is 0 Å². The Kier molecular flexibility index (Phi) is 5.86. The van der Waals surface area contributed by atoms with E-state index in [2.05, 4.69) is 32.9 Å². The van der Waals surface area contributed by atoms with Crippen LogP contribution in [0.15, 0.2) is 18.2 Å². The van der Waals surface area contributed by atoms with Crippen molar-refractivity contribution in [2.75, 3.05) is 13.8 Å². The zero-order chi connectivity index (χ0) is 16.3. The van der Waals surface area contributed by atoms with Gasteiger partial charge in [0.05, 0.1) is 7.11 Å². The first-order valence-electron chi connectivity index (χ1n) is 8.19. The summed E-state index contributed by atoms with van der Waals surface area (Å²) in [5, 5.41) is 0. The number of methoxy groups -OCH3 is 1. The molecule has 2 rings (SSSR count). The van der Waals surface area contributed by atoms with Crippen molar-refractivity contribution in [2.45, 2.75) is 46.0 Å². The fraction of sp³-hybridized carbons (Fsp3) is 0.667. The zero-order valence-electron chi connectivity index (χ0n) is 14.3. The maximum absolute atomic E-state index is 11.3. The number of hydrogen-bond acceptors (Lipinski definition) is 3. The lowest BCUT2D eigenvalue weighted by Gasteiger charge is -2.37. The minimum absolute atomic E-state index is 0.569. The molecule has 22 heavy (non-hydrogen) atoms. The van der Waals surface area contributed by atoms with Gasteiger partial charge in [0.1, 0.15) is 0 Å². The smallest absolute Gasteiger partial charge is 0.493 e. The molecular formula is C18H28O3P+. The quantitative estimate of drug-likeness (QED) is 0.659. The fourth-order valence-electron chi connectivity index (χ4n) is 3.71. The Balaban J connectivity index is 2.31. The molecule has 0 amide bonds. The summed E-state index contributed by atoms with van der Waals surface area (Å²) in [4.78, 5) is 0. The molecule has 0 radical (unpaired) electrons. The van der Waals surface area contributed by atoms with E-state index in [1.54, 1.807) is 13.8 Å². The van der Waals surface area contributed by atoms with Crippen LogP contribution in [0.4, 0.5) is 0 Å². The molecule has 0 spiro atoms. The minimum atomic E-state index is -1.68. The number of rotatable bonds is 5. The van der Waals surface area contributed by atoms with E-state index in [0.717, 1.165) is 11.8 Å². The Morgan fingerprint density at radius 2 is 1.95 bits per heavy atom. The molecule has 1 aliphatic rings. The molecule has 4 heteroatoms. The second-order valence-electron chi connectivity index (χ2n) is 6.87. The highest BCUT2D eigenvalue weighted by Crippen LogP contribution is 2.46. The van der Waals surface area contributed by atoms with Gasteiger partial charge in [0.15, 0.2) is 12.4 Å². The van der Waals surface area contributed by atoms with Crippen molar-refractivity contribution >= 4 is 8.03 Å². The normalized spacial score (nSPS) is 25.9. The van der Waals surface area contributed by atoms with E-state index in [-0.39, 0.29) is 0 Å². The highest BCUT2D eigenvalue weighted by Gasteiger charge is 2.32. The predicted molar refractivity (Wildman–Crippen MR) is 91.2 cm³/mol. The van der Waals surface area contributed by atoms with Gasteiger partial charge in [-0.1, -0.05) is 33.3 Å². The first-order valence-corrected chi connectivity index (χ1v) is 9.81. The summed E-state index contributed by atoms with van der Waals surface area (Å²) in [6.07, 6.45) is 3.85. The van der Waals surface area contributed by atoms with E-state index < -0.39 is 8.03 Å². The van der Waals surface area contributed by atoms with Gasteiger partial charge >= 0.3 is 8.03 Å². The second kappa shape index (κ2) is 7.46. The summed E-state index contributed by atoms with van der Waals surface area (Å²) < 4.78 is 22.1. The Hall–Kier alpha value is -1.08. The van der Waals surface area contributed by atoms with Gasteiger partial charge in [-0.15, -0.1) is 0 Å². The van der Waals surface area contributed by atoms with Crippen molar-refractivity contribution in [3.8, 4) is 11.5 Å². The third-order valence-corrected chi connectivity index (χ3v) is 5.32. The van der Waals surface area contributed by atoms with Crippen LogP contribution in [-0.4, -0.2) is 13.8 Å². The van der Waals surface area contributed by atoms with E-state index in [9.17, 15) is 4.57 Å². The predicted octanol–water partition coefficient (Wildman–Crippen LogP) is 5.62. The van der Waals surface area contributed by atoms with Gasteiger partial charge in [0, 0.05) is 0 Å². The topological polar surface area (TPSA) is 35.5 Å². The molecule has 1 aromatic carbocycles. The van der Waals surface area contributed by atoms with Crippen molar-refractivity contribution < 1.29 is 13.8 Å². The first kappa shape index (κ1) is 17.3. The Morgan fingerprint density at radius 3 is 2.55 bits per heavy atom. The van der Waals surface area contributed by atoms with Crippen LogP contribution < -0.4 is 9.26 Å². The summed E-state index contributed by atoms with van der Waals surface area (Å²) in [6, 6.07) is 6.10. The molecular weight excluding hydrogens is 295 g/mol. The molecule has 1 saturated carbocycles. The molecule has 0 aromatic heterocycles. The lowest BCUT2D eigenvalue weighted by atomic mass is 9.67. The molecule has 0 saturated heterocycles. The monoisotopic (exact) mass is 323 g/mol. The number of ether oxygens (including phenoxy) is 1. The van der Waals surface area contributed by atoms with Crippen LogP contribution in [0.1, 0.15) is 51.5 Å². The summed E-state index contributed by atoms with van der Waals surface area (Å²) in [5.74, 6) is 4.00. The summed E-state index contributed by atoms with van der Waals surface area (Å²) in [6.45, 7) is 8.55. The first-order chi connectivity index (χ1) is 10.4. The van der Waals surface area contributed by atoms with E-state index in [1.165, 1.54) is 24.8 Å². The lowest BCUT2D eigenvalue weighted by Crippen LogP contribution is -2.26. The maximum Gasteiger partial charge on any atom is 0.552 e. The Morgan fingerprint density at radius 1 is 1.23 bits per heavy atom. The van der Waals surface area contributed by atoms with Gasteiger partial charge in [-0.2, -0.15) is 0 Å². The number of hydrogen-bond donors (Lipinski definition) is 0. The van der Waals surface area contributed by atoms with E-state index in [4.69, 9.17) is 9.26 Å². The van der Waals surface area contributed by atoms with Gasteiger partial charge in [-0.05, 0) is 58.8 Å². The molecule has 1 aromatic rings. The third kappa shape index (κ3) is 4.01.